The zero-order valence-corrected chi connectivity index (χ0v) is 11.7. The topological polar surface area (TPSA) is 57.8 Å². The normalized spacial score (nSPS) is 17.1. The summed E-state index contributed by atoms with van der Waals surface area (Å²) in [5.74, 6) is -0.0854. The van der Waals surface area contributed by atoms with Gasteiger partial charge in [-0.1, -0.05) is 24.6 Å². The lowest BCUT2D eigenvalue weighted by atomic mass is 9.84. The van der Waals surface area contributed by atoms with Crippen molar-refractivity contribution in [3.63, 3.8) is 0 Å². The van der Waals surface area contributed by atoms with Gasteiger partial charge in [-0.15, -0.1) is 0 Å². The van der Waals surface area contributed by atoms with Crippen LogP contribution in [-0.4, -0.2) is 33.7 Å². The third-order valence-corrected chi connectivity index (χ3v) is 5.37. The molecule has 3 rings (SSSR count). The summed E-state index contributed by atoms with van der Waals surface area (Å²) in [6.45, 7) is 0.730. The molecule has 19 heavy (non-hydrogen) atoms. The van der Waals surface area contributed by atoms with E-state index in [1.807, 2.05) is 36.0 Å². The fourth-order valence-electron chi connectivity index (χ4n) is 2.49. The van der Waals surface area contributed by atoms with Crippen LogP contribution in [0.3, 0.4) is 0 Å². The predicted octanol–water partition coefficient (Wildman–Crippen LogP) is 2.58. The second-order valence-corrected chi connectivity index (χ2v) is 6.32. The van der Waals surface area contributed by atoms with Crippen LogP contribution in [0.25, 0.3) is 10.9 Å². The molecule has 1 aromatic carbocycles. The third kappa shape index (κ3) is 2.23. The molecule has 1 saturated carbocycles. The Labute approximate surface area is 116 Å². The molecule has 1 aliphatic carbocycles. The number of rotatable bonds is 4. The van der Waals surface area contributed by atoms with Gasteiger partial charge in [-0.2, -0.15) is 16.9 Å². The molecular formula is C14H17N3OS. The molecule has 0 unspecified atom stereocenters. The van der Waals surface area contributed by atoms with Gasteiger partial charge in [-0.05, 0) is 25.2 Å². The number of aromatic nitrogens is 2. The van der Waals surface area contributed by atoms with Gasteiger partial charge in [0.15, 0.2) is 5.69 Å². The molecule has 5 heteroatoms. The first-order chi connectivity index (χ1) is 9.24. The Kier molecular flexibility index (Phi) is 3.22. The first-order valence-electron chi connectivity index (χ1n) is 6.51. The molecule has 1 aliphatic rings. The van der Waals surface area contributed by atoms with Gasteiger partial charge in [0.05, 0.1) is 5.52 Å². The largest absolute Gasteiger partial charge is 0.349 e. The van der Waals surface area contributed by atoms with Crippen LogP contribution in [0.15, 0.2) is 24.3 Å². The highest BCUT2D eigenvalue weighted by Gasteiger charge is 2.36. The van der Waals surface area contributed by atoms with Crippen LogP contribution in [-0.2, 0) is 0 Å². The number of aromatic amines is 1. The van der Waals surface area contributed by atoms with Crippen LogP contribution in [0.4, 0.5) is 0 Å². The lowest BCUT2D eigenvalue weighted by Crippen LogP contribution is -2.45. The van der Waals surface area contributed by atoms with Crippen molar-refractivity contribution in [1.29, 1.82) is 0 Å². The number of thioether (sulfide) groups is 1. The first kappa shape index (κ1) is 12.5. The molecule has 0 spiro atoms. The number of amides is 1. The maximum absolute atomic E-state index is 12.2. The number of carbonyl (C=O) groups excluding carboxylic acids is 1. The smallest absolute Gasteiger partial charge is 0.272 e. The molecular weight excluding hydrogens is 258 g/mol. The standard InChI is InChI=1S/C14H17N3OS/c1-19-14(7-4-8-14)9-15-13(18)12-10-5-2-3-6-11(10)16-17-12/h2-3,5-6H,4,7-9H2,1H3,(H,15,18)(H,16,17). The minimum absolute atomic E-state index is 0.0854. The van der Waals surface area contributed by atoms with Crippen molar-refractivity contribution in [3.8, 4) is 0 Å². The number of nitrogens with zero attached hydrogens (tertiary/aromatic N) is 1. The summed E-state index contributed by atoms with van der Waals surface area (Å²) in [5.41, 5.74) is 1.39. The maximum atomic E-state index is 12.2. The Morgan fingerprint density at radius 1 is 1.47 bits per heavy atom. The van der Waals surface area contributed by atoms with E-state index in [9.17, 15) is 4.79 Å². The Morgan fingerprint density at radius 2 is 2.26 bits per heavy atom. The zero-order chi connectivity index (χ0) is 13.3. The second-order valence-electron chi connectivity index (χ2n) is 5.04. The van der Waals surface area contributed by atoms with Crippen LogP contribution >= 0.6 is 11.8 Å². The van der Waals surface area contributed by atoms with E-state index >= 15 is 0 Å². The highest BCUT2D eigenvalue weighted by molar-refractivity contribution is 8.00. The Bertz CT molecular complexity index is 598. The molecule has 1 fully saturated rings. The molecule has 0 saturated heterocycles. The monoisotopic (exact) mass is 275 g/mol. The summed E-state index contributed by atoms with van der Waals surface area (Å²) < 4.78 is 0.252. The van der Waals surface area contributed by atoms with Gasteiger partial charge in [0.1, 0.15) is 0 Å². The van der Waals surface area contributed by atoms with Crippen molar-refractivity contribution < 1.29 is 4.79 Å². The molecule has 0 radical (unpaired) electrons. The summed E-state index contributed by atoms with van der Waals surface area (Å²) in [4.78, 5) is 12.2. The quantitative estimate of drug-likeness (QED) is 0.901. The Morgan fingerprint density at radius 3 is 2.95 bits per heavy atom. The summed E-state index contributed by atoms with van der Waals surface area (Å²) in [5, 5.41) is 10.9. The number of para-hydroxylation sites is 1. The van der Waals surface area contributed by atoms with Crippen LogP contribution in [0.1, 0.15) is 29.8 Å². The van der Waals surface area contributed by atoms with Crippen LogP contribution in [0.2, 0.25) is 0 Å². The van der Waals surface area contributed by atoms with Gasteiger partial charge < -0.3 is 5.32 Å². The van der Waals surface area contributed by atoms with Crippen molar-refractivity contribution in [2.75, 3.05) is 12.8 Å². The molecule has 4 nitrogen and oxygen atoms in total. The van der Waals surface area contributed by atoms with Gasteiger partial charge in [0.2, 0.25) is 0 Å². The molecule has 1 amide bonds. The molecule has 1 heterocycles. The third-order valence-electron chi connectivity index (χ3n) is 3.95. The maximum Gasteiger partial charge on any atom is 0.272 e. The van der Waals surface area contributed by atoms with E-state index in [0.717, 1.165) is 17.4 Å². The number of carbonyl (C=O) groups is 1. The van der Waals surface area contributed by atoms with E-state index in [1.54, 1.807) is 0 Å². The SMILES string of the molecule is CSC1(CNC(=O)c2n[nH]c3ccccc23)CCC1. The average molecular weight is 275 g/mol. The summed E-state index contributed by atoms with van der Waals surface area (Å²) in [6, 6.07) is 7.69. The minimum atomic E-state index is -0.0854. The first-order valence-corrected chi connectivity index (χ1v) is 7.73. The van der Waals surface area contributed by atoms with Crippen molar-refractivity contribution in [2.24, 2.45) is 0 Å². The molecule has 1 aromatic heterocycles. The van der Waals surface area contributed by atoms with Gasteiger partial charge in [0, 0.05) is 16.7 Å². The molecule has 0 aliphatic heterocycles. The highest BCUT2D eigenvalue weighted by Crippen LogP contribution is 2.42. The average Bonchev–Trinajstić information content (AvgIpc) is 2.81. The van der Waals surface area contributed by atoms with Gasteiger partial charge >= 0.3 is 0 Å². The summed E-state index contributed by atoms with van der Waals surface area (Å²) >= 11 is 1.86. The minimum Gasteiger partial charge on any atom is -0.349 e. The second kappa shape index (κ2) is 4.89. The van der Waals surface area contributed by atoms with Crippen molar-refractivity contribution >= 4 is 28.6 Å². The predicted molar refractivity (Wildman–Crippen MR) is 78.5 cm³/mol. The fourth-order valence-corrected chi connectivity index (χ4v) is 3.40. The number of hydrogen-bond donors (Lipinski definition) is 2. The van der Waals surface area contributed by atoms with E-state index in [0.29, 0.717) is 5.69 Å². The molecule has 2 N–H and O–H groups in total. The van der Waals surface area contributed by atoms with E-state index in [4.69, 9.17) is 0 Å². The van der Waals surface area contributed by atoms with Crippen LogP contribution < -0.4 is 5.32 Å². The number of hydrogen-bond acceptors (Lipinski definition) is 3. The van der Waals surface area contributed by atoms with E-state index in [2.05, 4.69) is 21.8 Å². The number of benzene rings is 1. The van der Waals surface area contributed by atoms with Crippen LogP contribution in [0.5, 0.6) is 0 Å². The van der Waals surface area contributed by atoms with Gasteiger partial charge in [0.25, 0.3) is 5.91 Å². The molecule has 100 valence electrons. The van der Waals surface area contributed by atoms with Crippen molar-refractivity contribution in [1.82, 2.24) is 15.5 Å². The Hall–Kier alpha value is -1.49. The van der Waals surface area contributed by atoms with Gasteiger partial charge in [-0.25, -0.2) is 0 Å². The molecule has 0 bridgehead atoms. The fraction of sp³-hybridized carbons (Fsp3) is 0.429. The molecule has 0 atom stereocenters. The zero-order valence-electron chi connectivity index (χ0n) is 10.9. The Balaban J connectivity index is 1.73. The highest BCUT2D eigenvalue weighted by atomic mass is 32.2. The number of nitrogens with one attached hydrogen (secondary N) is 2. The van der Waals surface area contributed by atoms with Gasteiger partial charge in [-0.3, -0.25) is 9.89 Å². The number of fused-ring (bicyclic) bond motifs is 1. The van der Waals surface area contributed by atoms with Crippen molar-refractivity contribution in [2.45, 2.75) is 24.0 Å². The van der Waals surface area contributed by atoms with E-state index in [1.165, 1.54) is 19.3 Å². The number of H-pyrrole nitrogens is 1. The van der Waals surface area contributed by atoms with E-state index in [-0.39, 0.29) is 10.7 Å². The summed E-state index contributed by atoms with van der Waals surface area (Å²) in [6.07, 6.45) is 5.77. The molecule has 2 aromatic rings. The van der Waals surface area contributed by atoms with Crippen LogP contribution in [0, 0.1) is 0 Å². The summed E-state index contributed by atoms with van der Waals surface area (Å²) in [7, 11) is 0. The lowest BCUT2D eigenvalue weighted by molar-refractivity contribution is 0.0940. The van der Waals surface area contributed by atoms with E-state index < -0.39 is 0 Å². The van der Waals surface area contributed by atoms with Crippen molar-refractivity contribution in [3.05, 3.63) is 30.0 Å². The lowest BCUT2D eigenvalue weighted by Gasteiger charge is -2.40.